The largest absolute Gasteiger partial charge is 0.356 e. The second-order valence-corrected chi connectivity index (χ2v) is 9.02. The molecule has 2 amide bonds. The number of likely N-dealkylation sites (tertiary alicyclic amines) is 1. The molecule has 31 heavy (non-hydrogen) atoms. The molecule has 0 radical (unpaired) electrons. The van der Waals surface area contributed by atoms with E-state index in [0.29, 0.717) is 44.8 Å². The van der Waals surface area contributed by atoms with Crippen LogP contribution in [0.2, 0.25) is 0 Å². The van der Waals surface area contributed by atoms with E-state index in [1.165, 1.54) is 0 Å². The van der Waals surface area contributed by atoms with Gasteiger partial charge in [-0.2, -0.15) is 0 Å². The van der Waals surface area contributed by atoms with Crippen molar-refractivity contribution in [2.24, 2.45) is 11.3 Å². The highest BCUT2D eigenvalue weighted by molar-refractivity contribution is 5.84. The van der Waals surface area contributed by atoms with Gasteiger partial charge in [0.25, 0.3) is 0 Å². The predicted molar refractivity (Wildman–Crippen MR) is 122 cm³/mol. The average molecular weight is 420 g/mol. The Hall–Kier alpha value is -2.69. The van der Waals surface area contributed by atoms with E-state index in [1.54, 1.807) is 6.20 Å². The summed E-state index contributed by atoms with van der Waals surface area (Å²) in [5.41, 5.74) is 2.87. The Bertz CT molecular complexity index is 898. The molecular formula is C26H33N3O2. The highest BCUT2D eigenvalue weighted by Crippen LogP contribution is 2.39. The van der Waals surface area contributed by atoms with Gasteiger partial charge in [-0.3, -0.25) is 14.6 Å². The summed E-state index contributed by atoms with van der Waals surface area (Å²) in [6.07, 6.45) is 10.1. The minimum atomic E-state index is -0.485. The number of nitrogens with one attached hydrogen (secondary N) is 1. The quantitative estimate of drug-likeness (QED) is 0.762. The van der Waals surface area contributed by atoms with Crippen molar-refractivity contribution in [3.05, 3.63) is 54.4 Å². The Morgan fingerprint density at radius 3 is 2.52 bits per heavy atom. The van der Waals surface area contributed by atoms with Gasteiger partial charge in [0.05, 0.1) is 5.41 Å². The van der Waals surface area contributed by atoms with E-state index < -0.39 is 5.41 Å². The molecule has 0 unspecified atom stereocenters. The van der Waals surface area contributed by atoms with Gasteiger partial charge in [0.1, 0.15) is 0 Å². The fourth-order valence-electron chi connectivity index (χ4n) is 5.26. The fraction of sp³-hybridized carbons (Fsp3) is 0.500. The zero-order valence-electron chi connectivity index (χ0n) is 18.5. The normalized spacial score (nSPS) is 18.7. The van der Waals surface area contributed by atoms with E-state index >= 15 is 0 Å². The minimum absolute atomic E-state index is 0.115. The van der Waals surface area contributed by atoms with Crippen molar-refractivity contribution in [2.45, 2.75) is 51.9 Å². The van der Waals surface area contributed by atoms with Crippen molar-refractivity contribution in [1.29, 1.82) is 0 Å². The van der Waals surface area contributed by atoms with Crippen molar-refractivity contribution < 1.29 is 9.59 Å². The van der Waals surface area contributed by atoms with E-state index in [9.17, 15) is 9.59 Å². The van der Waals surface area contributed by atoms with E-state index in [0.717, 1.165) is 42.4 Å². The third-order valence-corrected chi connectivity index (χ3v) is 7.07. The van der Waals surface area contributed by atoms with Crippen LogP contribution in [0.4, 0.5) is 0 Å². The molecule has 4 rings (SSSR count). The summed E-state index contributed by atoms with van der Waals surface area (Å²) in [7, 11) is 0. The zero-order valence-corrected chi connectivity index (χ0v) is 18.5. The first-order valence-corrected chi connectivity index (χ1v) is 11.7. The molecule has 1 saturated carbocycles. The van der Waals surface area contributed by atoms with Gasteiger partial charge in [0.2, 0.25) is 11.8 Å². The molecular weight excluding hydrogens is 386 g/mol. The lowest BCUT2D eigenvalue weighted by atomic mass is 9.72. The number of piperidine rings is 1. The first-order chi connectivity index (χ1) is 15.1. The van der Waals surface area contributed by atoms with Crippen LogP contribution in [0.25, 0.3) is 11.1 Å². The maximum Gasteiger partial charge on any atom is 0.226 e. The predicted octanol–water partition coefficient (Wildman–Crippen LogP) is 4.23. The van der Waals surface area contributed by atoms with Crippen molar-refractivity contribution in [3.63, 3.8) is 0 Å². The molecule has 2 aromatic rings. The Morgan fingerprint density at radius 1 is 1.10 bits per heavy atom. The van der Waals surface area contributed by atoms with Crippen molar-refractivity contribution in [2.75, 3.05) is 19.6 Å². The summed E-state index contributed by atoms with van der Waals surface area (Å²) in [6, 6.07) is 12.3. The highest BCUT2D eigenvalue weighted by atomic mass is 16.2. The standard InChI is InChI=1S/C26H33N3O2/c1-2-28-25(31)26(13-16-29(17-14-26)24(30)20-8-3-4-9-20)18-21-10-5-6-12-23(21)22-11-7-15-27-19-22/h5-7,10-12,15,19-20H,2-4,8-9,13-14,16-18H2,1H3,(H,28,31). The molecule has 1 aromatic carbocycles. The smallest absolute Gasteiger partial charge is 0.226 e. The van der Waals surface area contributed by atoms with Gasteiger partial charge in [0.15, 0.2) is 0 Å². The van der Waals surface area contributed by atoms with Crippen LogP contribution in [0.1, 0.15) is 51.0 Å². The summed E-state index contributed by atoms with van der Waals surface area (Å²) in [4.78, 5) is 32.5. The maximum atomic E-state index is 13.3. The van der Waals surface area contributed by atoms with Crippen molar-refractivity contribution in [3.8, 4) is 11.1 Å². The van der Waals surface area contributed by atoms with Gasteiger partial charge in [-0.15, -0.1) is 0 Å². The molecule has 2 fully saturated rings. The van der Waals surface area contributed by atoms with Crippen LogP contribution in [0, 0.1) is 11.3 Å². The Balaban J connectivity index is 1.56. The average Bonchev–Trinajstić information content (AvgIpc) is 3.35. The molecule has 5 heteroatoms. The lowest BCUT2D eigenvalue weighted by Crippen LogP contribution is -2.52. The summed E-state index contributed by atoms with van der Waals surface area (Å²) >= 11 is 0. The molecule has 0 atom stereocenters. The molecule has 1 aliphatic carbocycles. The van der Waals surface area contributed by atoms with E-state index in [-0.39, 0.29) is 11.8 Å². The summed E-state index contributed by atoms with van der Waals surface area (Å²) in [5.74, 6) is 0.616. The molecule has 1 N–H and O–H groups in total. The van der Waals surface area contributed by atoms with Gasteiger partial charge in [-0.25, -0.2) is 0 Å². The number of hydrogen-bond acceptors (Lipinski definition) is 3. The lowest BCUT2D eigenvalue weighted by molar-refractivity contribution is -0.143. The number of amides is 2. The van der Waals surface area contributed by atoms with Crippen LogP contribution < -0.4 is 5.32 Å². The molecule has 2 heterocycles. The van der Waals surface area contributed by atoms with Crippen molar-refractivity contribution in [1.82, 2.24) is 15.2 Å². The minimum Gasteiger partial charge on any atom is -0.356 e. The molecule has 0 spiro atoms. The topological polar surface area (TPSA) is 62.3 Å². The number of carbonyl (C=O) groups is 2. The number of hydrogen-bond donors (Lipinski definition) is 1. The SMILES string of the molecule is CCNC(=O)C1(Cc2ccccc2-c2cccnc2)CCN(C(=O)C2CCCC2)CC1. The third-order valence-electron chi connectivity index (χ3n) is 7.07. The molecule has 5 nitrogen and oxygen atoms in total. The van der Waals surface area contributed by atoms with Gasteiger partial charge < -0.3 is 10.2 Å². The van der Waals surface area contributed by atoms with Crippen molar-refractivity contribution >= 4 is 11.8 Å². The van der Waals surface area contributed by atoms with Gasteiger partial charge >= 0.3 is 0 Å². The summed E-state index contributed by atoms with van der Waals surface area (Å²) < 4.78 is 0. The number of pyridine rings is 1. The third kappa shape index (κ3) is 4.65. The summed E-state index contributed by atoms with van der Waals surface area (Å²) in [5, 5.41) is 3.08. The Morgan fingerprint density at radius 2 is 1.84 bits per heavy atom. The van der Waals surface area contributed by atoms with Crippen LogP contribution >= 0.6 is 0 Å². The van der Waals surface area contributed by atoms with Gasteiger partial charge in [-0.1, -0.05) is 43.2 Å². The maximum absolute atomic E-state index is 13.3. The fourth-order valence-corrected chi connectivity index (χ4v) is 5.26. The molecule has 164 valence electrons. The van der Waals surface area contributed by atoms with Crippen LogP contribution in [-0.4, -0.2) is 41.3 Å². The van der Waals surface area contributed by atoms with E-state index in [1.807, 2.05) is 36.2 Å². The highest BCUT2D eigenvalue weighted by Gasteiger charge is 2.43. The van der Waals surface area contributed by atoms with Crippen LogP contribution in [0.3, 0.4) is 0 Å². The number of nitrogens with zero attached hydrogens (tertiary/aromatic N) is 2. The monoisotopic (exact) mass is 419 g/mol. The lowest BCUT2D eigenvalue weighted by Gasteiger charge is -2.41. The van der Waals surface area contributed by atoms with E-state index in [2.05, 4.69) is 28.5 Å². The van der Waals surface area contributed by atoms with Gasteiger partial charge in [-0.05, 0) is 56.2 Å². The summed E-state index contributed by atoms with van der Waals surface area (Å²) in [6.45, 7) is 3.92. The first kappa shape index (κ1) is 21.5. The zero-order chi connectivity index (χ0) is 21.7. The van der Waals surface area contributed by atoms with Gasteiger partial charge in [0, 0.05) is 43.5 Å². The number of carbonyl (C=O) groups excluding carboxylic acids is 2. The number of benzene rings is 1. The van der Waals surface area contributed by atoms with E-state index in [4.69, 9.17) is 0 Å². The first-order valence-electron chi connectivity index (χ1n) is 11.7. The number of rotatable bonds is 6. The number of aromatic nitrogens is 1. The second-order valence-electron chi connectivity index (χ2n) is 9.02. The molecule has 1 saturated heterocycles. The molecule has 0 bridgehead atoms. The van der Waals surface area contributed by atoms with Crippen LogP contribution in [-0.2, 0) is 16.0 Å². The molecule has 2 aliphatic rings. The Kier molecular flexibility index (Phi) is 6.69. The Labute approximate surface area is 185 Å². The van der Waals surface area contributed by atoms with Crippen LogP contribution in [0.5, 0.6) is 0 Å². The second kappa shape index (κ2) is 9.63. The van der Waals surface area contributed by atoms with Crippen LogP contribution in [0.15, 0.2) is 48.8 Å². The molecule has 1 aliphatic heterocycles. The molecule has 1 aromatic heterocycles.